The molecule has 0 radical (unpaired) electrons. The van der Waals surface area contributed by atoms with Gasteiger partial charge in [0.2, 0.25) is 0 Å². The lowest BCUT2D eigenvalue weighted by molar-refractivity contribution is 0.602. The van der Waals surface area contributed by atoms with E-state index < -0.39 is 10.8 Å². The van der Waals surface area contributed by atoms with E-state index in [0.717, 1.165) is 26.6 Å². The molecule has 86 valence electrons. The predicted molar refractivity (Wildman–Crippen MR) is 74.2 cm³/mol. The Balaban J connectivity index is 2.48. The van der Waals surface area contributed by atoms with Gasteiger partial charge in [-0.15, -0.1) is 0 Å². The largest absolute Gasteiger partial charge is 0.590 e. The zero-order valence-corrected chi connectivity index (χ0v) is 10.8. The van der Waals surface area contributed by atoms with Crippen molar-refractivity contribution >= 4 is 30.9 Å². The summed E-state index contributed by atoms with van der Waals surface area (Å²) in [5.41, 5.74) is 2.42. The lowest BCUT2D eigenvalue weighted by Crippen LogP contribution is -1.77. The third-order valence-corrected chi connectivity index (χ3v) is 4.76. The van der Waals surface area contributed by atoms with Gasteiger partial charge in [-0.25, -0.2) is 0 Å². The topological polar surface area (TPSA) is 23.1 Å². The molecule has 1 heterocycles. The van der Waals surface area contributed by atoms with E-state index in [4.69, 9.17) is 0 Å². The van der Waals surface area contributed by atoms with Crippen LogP contribution in [0.25, 0.3) is 20.2 Å². The second-order valence-electron chi connectivity index (χ2n) is 4.45. The maximum atomic E-state index is 12.4. The number of rotatable bonds is 1. The molecule has 2 heteroatoms. The van der Waals surface area contributed by atoms with Gasteiger partial charge in [-0.05, 0) is 47.4 Å². The molecule has 0 aliphatic carbocycles. The Hall–Kier alpha value is -1.38. The van der Waals surface area contributed by atoms with E-state index in [0.29, 0.717) is 0 Å². The van der Waals surface area contributed by atoms with Crippen molar-refractivity contribution in [2.45, 2.75) is 20.3 Å². The van der Waals surface area contributed by atoms with Crippen molar-refractivity contribution in [2.75, 3.05) is 0 Å². The Kier molecular flexibility index (Phi) is 2.42. The van der Waals surface area contributed by atoms with Crippen molar-refractivity contribution in [3.05, 3.63) is 47.5 Å². The van der Waals surface area contributed by atoms with Crippen LogP contribution in [0.4, 0.5) is 0 Å². The van der Waals surface area contributed by atoms with Gasteiger partial charge < -0.3 is 4.55 Å². The van der Waals surface area contributed by atoms with Gasteiger partial charge in [-0.1, -0.05) is 19.1 Å². The van der Waals surface area contributed by atoms with Crippen molar-refractivity contribution in [3.63, 3.8) is 0 Å². The fourth-order valence-corrected chi connectivity index (χ4v) is 3.83. The average Bonchev–Trinajstić information content (AvgIpc) is 2.62. The number of fused-ring (bicyclic) bond motifs is 3. The molecule has 1 nitrogen and oxygen atoms in total. The van der Waals surface area contributed by atoms with E-state index in [1.807, 2.05) is 13.0 Å². The number of hydrogen-bond donors (Lipinski definition) is 0. The van der Waals surface area contributed by atoms with Crippen LogP contribution in [0.3, 0.4) is 0 Å². The van der Waals surface area contributed by atoms with Gasteiger partial charge in [0.1, 0.15) is 0 Å². The van der Waals surface area contributed by atoms with Gasteiger partial charge in [0.25, 0.3) is 0 Å². The quantitative estimate of drug-likeness (QED) is 0.572. The average molecular weight is 242 g/mol. The highest BCUT2D eigenvalue weighted by atomic mass is 32.2. The standard InChI is InChI=1S/C15H14OS/c1-3-11-5-7-13-12-6-4-10(2)8-14(12)17(16)15(13)9-11/h4-9H,3H2,1-2H3. The molecule has 17 heavy (non-hydrogen) atoms. The maximum absolute atomic E-state index is 12.4. The monoisotopic (exact) mass is 242 g/mol. The lowest BCUT2D eigenvalue weighted by Gasteiger charge is -1.95. The molecule has 0 N–H and O–H groups in total. The molecule has 0 aliphatic heterocycles. The van der Waals surface area contributed by atoms with Crippen LogP contribution in [0, 0.1) is 6.92 Å². The molecule has 0 amide bonds. The van der Waals surface area contributed by atoms with E-state index in [1.54, 1.807) is 0 Å². The first-order chi connectivity index (χ1) is 8.20. The molecule has 1 aromatic heterocycles. The van der Waals surface area contributed by atoms with Crippen LogP contribution in [0.5, 0.6) is 0 Å². The van der Waals surface area contributed by atoms with Gasteiger partial charge in [0.15, 0.2) is 9.40 Å². The summed E-state index contributed by atoms with van der Waals surface area (Å²) in [5, 5.41) is 2.27. The van der Waals surface area contributed by atoms with Crippen LogP contribution in [-0.4, -0.2) is 4.55 Å². The van der Waals surface area contributed by atoms with Crippen LogP contribution < -0.4 is 0 Å². The van der Waals surface area contributed by atoms with Crippen molar-refractivity contribution in [3.8, 4) is 0 Å². The Morgan fingerprint density at radius 3 is 2.35 bits per heavy atom. The van der Waals surface area contributed by atoms with E-state index in [1.165, 1.54) is 11.1 Å². The molecule has 0 bridgehead atoms. The molecule has 3 aromatic rings. The summed E-state index contributed by atoms with van der Waals surface area (Å²) in [7, 11) is -0.995. The minimum absolute atomic E-state index is 0.966. The molecule has 0 saturated heterocycles. The summed E-state index contributed by atoms with van der Waals surface area (Å²) in [4.78, 5) is 0. The van der Waals surface area contributed by atoms with E-state index in [-0.39, 0.29) is 0 Å². The zero-order valence-electron chi connectivity index (χ0n) is 9.99. The Morgan fingerprint density at radius 2 is 1.65 bits per heavy atom. The van der Waals surface area contributed by atoms with E-state index >= 15 is 0 Å². The summed E-state index contributed by atoms with van der Waals surface area (Å²) < 4.78 is 14.4. The summed E-state index contributed by atoms with van der Waals surface area (Å²) in [6.07, 6.45) is 0.986. The molecular weight excluding hydrogens is 228 g/mol. The van der Waals surface area contributed by atoms with Crippen LogP contribution in [0.2, 0.25) is 0 Å². The molecule has 0 saturated carbocycles. The zero-order chi connectivity index (χ0) is 12.0. The first kappa shape index (κ1) is 10.8. The van der Waals surface area contributed by atoms with Crippen molar-refractivity contribution < 1.29 is 4.55 Å². The maximum Gasteiger partial charge on any atom is 0.181 e. The normalized spacial score (nSPS) is 12.5. The lowest BCUT2D eigenvalue weighted by atomic mass is 10.1. The third kappa shape index (κ3) is 1.56. The van der Waals surface area contributed by atoms with Crippen LogP contribution >= 0.6 is 10.8 Å². The number of benzene rings is 2. The smallest absolute Gasteiger partial charge is 0.181 e. The van der Waals surface area contributed by atoms with Crippen LogP contribution in [0.15, 0.2) is 36.4 Å². The second kappa shape index (κ2) is 3.83. The van der Waals surface area contributed by atoms with Crippen LogP contribution in [0.1, 0.15) is 18.1 Å². The number of thiophene rings is 1. The van der Waals surface area contributed by atoms with Gasteiger partial charge in [0.05, 0.1) is 0 Å². The molecule has 0 aliphatic rings. The summed E-state index contributed by atoms with van der Waals surface area (Å²) in [6.45, 7) is 4.16. The van der Waals surface area contributed by atoms with Gasteiger partial charge in [-0.2, -0.15) is 0 Å². The fourth-order valence-electron chi connectivity index (χ4n) is 2.29. The highest BCUT2D eigenvalue weighted by Gasteiger charge is 2.15. The molecule has 1 atom stereocenters. The van der Waals surface area contributed by atoms with E-state index in [9.17, 15) is 4.55 Å². The van der Waals surface area contributed by atoms with Gasteiger partial charge in [0, 0.05) is 22.9 Å². The van der Waals surface area contributed by atoms with Crippen molar-refractivity contribution in [1.29, 1.82) is 0 Å². The Morgan fingerprint density at radius 1 is 1.00 bits per heavy atom. The SMILES string of the molecule is CCc1ccc2c3ccc(C)cc3[s+]([O-])c2c1. The minimum atomic E-state index is -0.995. The summed E-state index contributed by atoms with van der Waals surface area (Å²) in [6, 6.07) is 12.5. The molecule has 1 unspecified atom stereocenters. The number of aryl methyl sites for hydroxylation is 2. The Bertz CT molecular complexity index is 710. The fraction of sp³-hybridized carbons (Fsp3) is 0.200. The summed E-state index contributed by atoms with van der Waals surface area (Å²) >= 11 is 0. The Labute approximate surface area is 104 Å². The first-order valence-corrected chi connectivity index (χ1v) is 7.01. The van der Waals surface area contributed by atoms with Crippen LogP contribution in [-0.2, 0) is 6.42 Å². The predicted octanol–water partition coefficient (Wildman–Crippen LogP) is 4.59. The molecule has 2 aromatic carbocycles. The minimum Gasteiger partial charge on any atom is -0.590 e. The van der Waals surface area contributed by atoms with Gasteiger partial charge >= 0.3 is 0 Å². The molecule has 3 rings (SSSR count). The second-order valence-corrected chi connectivity index (χ2v) is 5.87. The highest BCUT2D eigenvalue weighted by molar-refractivity contribution is 7.37. The number of hydrogen-bond acceptors (Lipinski definition) is 1. The molecular formula is C15H14OS. The summed E-state index contributed by atoms with van der Waals surface area (Å²) in [5.74, 6) is 0. The third-order valence-electron chi connectivity index (χ3n) is 3.28. The van der Waals surface area contributed by atoms with E-state index in [2.05, 4.69) is 37.3 Å². The highest BCUT2D eigenvalue weighted by Crippen LogP contribution is 2.41. The molecule has 0 spiro atoms. The molecule has 0 fully saturated rings. The van der Waals surface area contributed by atoms with Crippen molar-refractivity contribution in [2.24, 2.45) is 0 Å². The van der Waals surface area contributed by atoms with Gasteiger partial charge in [-0.3, -0.25) is 0 Å². The first-order valence-electron chi connectivity index (χ1n) is 5.86. The van der Waals surface area contributed by atoms with Crippen molar-refractivity contribution in [1.82, 2.24) is 0 Å².